The van der Waals surface area contributed by atoms with Gasteiger partial charge in [-0.25, -0.2) is 0 Å². The van der Waals surface area contributed by atoms with Crippen molar-refractivity contribution in [2.45, 2.75) is 32.5 Å². The Balaban J connectivity index is 3.53. The summed E-state index contributed by atoms with van der Waals surface area (Å²) in [5.41, 5.74) is 8.38. The standard InChI is InChI=1S/C14H21Cl2NOSi/c1-19(2,3)12-5-4-10(6-8-15)11(7-9-16)13(12)14(17)18/h4-5H,6-9H2,1-3H3,(H2,17,18). The number of hydrogen-bond acceptors (Lipinski definition) is 1. The van der Waals surface area contributed by atoms with Crippen molar-refractivity contribution in [3.05, 3.63) is 28.8 Å². The maximum absolute atomic E-state index is 11.9. The molecule has 0 radical (unpaired) electrons. The molecule has 1 rings (SSSR count). The van der Waals surface area contributed by atoms with E-state index in [0.29, 0.717) is 23.7 Å². The van der Waals surface area contributed by atoms with Gasteiger partial charge in [0.05, 0.1) is 8.07 Å². The molecule has 0 heterocycles. The summed E-state index contributed by atoms with van der Waals surface area (Å²) < 4.78 is 0. The number of nitrogens with two attached hydrogens (primary N) is 1. The largest absolute Gasteiger partial charge is 0.366 e. The molecule has 0 bridgehead atoms. The minimum absolute atomic E-state index is 0.353. The highest BCUT2D eigenvalue weighted by Gasteiger charge is 2.25. The van der Waals surface area contributed by atoms with Gasteiger partial charge in [0, 0.05) is 17.3 Å². The highest BCUT2D eigenvalue weighted by molar-refractivity contribution is 6.89. The third-order valence-corrected chi connectivity index (χ3v) is 5.58. The zero-order chi connectivity index (χ0) is 14.6. The van der Waals surface area contributed by atoms with Gasteiger partial charge >= 0.3 is 0 Å². The summed E-state index contributed by atoms with van der Waals surface area (Å²) in [5.74, 6) is 0.652. The minimum Gasteiger partial charge on any atom is -0.366 e. The summed E-state index contributed by atoms with van der Waals surface area (Å²) in [6.45, 7) is 6.63. The van der Waals surface area contributed by atoms with Crippen LogP contribution in [0, 0.1) is 0 Å². The van der Waals surface area contributed by atoms with E-state index in [1.165, 1.54) is 0 Å². The first-order valence-electron chi connectivity index (χ1n) is 6.40. The molecule has 0 aliphatic rings. The van der Waals surface area contributed by atoms with Crippen LogP contribution >= 0.6 is 23.2 Å². The predicted octanol–water partition coefficient (Wildman–Crippen LogP) is 2.89. The summed E-state index contributed by atoms with van der Waals surface area (Å²) in [6.07, 6.45) is 1.39. The van der Waals surface area contributed by atoms with E-state index >= 15 is 0 Å². The van der Waals surface area contributed by atoms with Gasteiger partial charge in [0.2, 0.25) is 5.91 Å². The molecule has 0 fully saturated rings. The van der Waals surface area contributed by atoms with Crippen molar-refractivity contribution >= 4 is 42.4 Å². The minimum atomic E-state index is -1.62. The number of primary amides is 1. The van der Waals surface area contributed by atoms with Gasteiger partial charge in [-0.1, -0.05) is 31.8 Å². The van der Waals surface area contributed by atoms with E-state index in [1.807, 2.05) is 6.07 Å². The predicted molar refractivity (Wildman–Crippen MR) is 86.8 cm³/mol. The zero-order valence-corrected chi connectivity index (χ0v) is 14.2. The Morgan fingerprint density at radius 1 is 1.16 bits per heavy atom. The lowest BCUT2D eigenvalue weighted by molar-refractivity contribution is 0.100. The Morgan fingerprint density at radius 3 is 2.16 bits per heavy atom. The fourth-order valence-corrected chi connectivity index (χ4v) is 4.31. The van der Waals surface area contributed by atoms with E-state index in [1.54, 1.807) is 0 Å². The maximum Gasteiger partial charge on any atom is 0.248 e. The Kier molecular flexibility index (Phi) is 5.90. The molecule has 5 heteroatoms. The smallest absolute Gasteiger partial charge is 0.248 e. The second-order valence-corrected chi connectivity index (χ2v) is 11.4. The highest BCUT2D eigenvalue weighted by Crippen LogP contribution is 2.19. The van der Waals surface area contributed by atoms with Gasteiger partial charge in [-0.3, -0.25) is 4.79 Å². The van der Waals surface area contributed by atoms with Crippen molar-refractivity contribution in [2.75, 3.05) is 11.8 Å². The lowest BCUT2D eigenvalue weighted by Gasteiger charge is -2.23. The van der Waals surface area contributed by atoms with Crippen molar-refractivity contribution in [1.82, 2.24) is 0 Å². The Morgan fingerprint density at radius 2 is 1.74 bits per heavy atom. The molecule has 1 amide bonds. The summed E-state index contributed by atoms with van der Waals surface area (Å²) >= 11 is 11.7. The third kappa shape index (κ3) is 3.97. The number of amides is 1. The number of carbonyl (C=O) groups excluding carboxylic acids is 1. The fourth-order valence-electron chi connectivity index (χ4n) is 2.31. The first-order valence-corrected chi connectivity index (χ1v) is 11.0. The van der Waals surface area contributed by atoms with E-state index < -0.39 is 8.07 Å². The van der Waals surface area contributed by atoms with Gasteiger partial charge in [-0.15, -0.1) is 23.2 Å². The van der Waals surface area contributed by atoms with Gasteiger partial charge < -0.3 is 5.73 Å². The Labute approximate surface area is 126 Å². The van der Waals surface area contributed by atoms with Crippen LogP contribution in [-0.2, 0) is 12.8 Å². The molecule has 1 aromatic rings. The van der Waals surface area contributed by atoms with E-state index in [2.05, 4.69) is 25.7 Å². The number of hydrogen-bond donors (Lipinski definition) is 1. The van der Waals surface area contributed by atoms with Gasteiger partial charge in [0.25, 0.3) is 0 Å². The first kappa shape index (κ1) is 16.5. The molecule has 0 aromatic heterocycles. The van der Waals surface area contributed by atoms with Gasteiger partial charge in [0.15, 0.2) is 0 Å². The van der Waals surface area contributed by atoms with Crippen LogP contribution in [0.4, 0.5) is 0 Å². The van der Waals surface area contributed by atoms with E-state index in [-0.39, 0.29) is 5.91 Å². The molecule has 2 N–H and O–H groups in total. The molecule has 1 aromatic carbocycles. The molecule has 0 aliphatic heterocycles. The van der Waals surface area contributed by atoms with Crippen LogP contribution in [0.2, 0.25) is 19.6 Å². The number of rotatable bonds is 6. The van der Waals surface area contributed by atoms with Crippen molar-refractivity contribution in [2.24, 2.45) is 5.73 Å². The lowest BCUT2D eigenvalue weighted by atomic mass is 9.96. The van der Waals surface area contributed by atoms with Crippen molar-refractivity contribution in [3.63, 3.8) is 0 Å². The zero-order valence-electron chi connectivity index (χ0n) is 11.7. The van der Waals surface area contributed by atoms with Crippen LogP contribution in [0.15, 0.2) is 12.1 Å². The monoisotopic (exact) mass is 317 g/mol. The number of aryl methyl sites for hydroxylation is 1. The number of alkyl halides is 2. The van der Waals surface area contributed by atoms with E-state index in [9.17, 15) is 4.79 Å². The Bertz CT molecular complexity index is 469. The molecular formula is C14H21Cl2NOSi. The average Bonchev–Trinajstić information content (AvgIpc) is 2.29. The first-order chi connectivity index (χ1) is 8.82. The van der Waals surface area contributed by atoms with Crippen LogP contribution in [0.5, 0.6) is 0 Å². The maximum atomic E-state index is 11.9. The Hall–Kier alpha value is -0.513. The van der Waals surface area contributed by atoms with Crippen LogP contribution in [0.3, 0.4) is 0 Å². The van der Waals surface area contributed by atoms with Crippen molar-refractivity contribution in [3.8, 4) is 0 Å². The van der Waals surface area contributed by atoms with Gasteiger partial charge in [-0.05, 0) is 29.2 Å². The summed E-state index contributed by atoms with van der Waals surface area (Å²) in [5, 5.41) is 1.11. The van der Waals surface area contributed by atoms with Crippen molar-refractivity contribution < 1.29 is 4.79 Å². The van der Waals surface area contributed by atoms with Crippen LogP contribution < -0.4 is 10.9 Å². The van der Waals surface area contributed by atoms with Gasteiger partial charge in [0.1, 0.15) is 0 Å². The highest BCUT2D eigenvalue weighted by atomic mass is 35.5. The number of carbonyl (C=O) groups is 1. The second kappa shape index (κ2) is 6.78. The molecule has 0 saturated heterocycles. The lowest BCUT2D eigenvalue weighted by Crippen LogP contribution is -2.43. The van der Waals surface area contributed by atoms with Gasteiger partial charge in [-0.2, -0.15) is 0 Å². The molecule has 2 nitrogen and oxygen atoms in total. The molecular weight excluding hydrogens is 297 g/mol. The van der Waals surface area contributed by atoms with E-state index in [0.717, 1.165) is 22.7 Å². The molecule has 0 unspecified atom stereocenters. The van der Waals surface area contributed by atoms with E-state index in [4.69, 9.17) is 28.9 Å². The summed E-state index contributed by atoms with van der Waals surface area (Å²) in [4.78, 5) is 11.9. The molecule has 0 saturated carbocycles. The molecule has 19 heavy (non-hydrogen) atoms. The molecule has 0 aliphatic carbocycles. The molecule has 0 spiro atoms. The van der Waals surface area contributed by atoms with Crippen LogP contribution in [0.25, 0.3) is 0 Å². The number of halogens is 2. The average molecular weight is 318 g/mol. The summed E-state index contributed by atoms with van der Waals surface area (Å²) in [7, 11) is -1.62. The fraction of sp³-hybridized carbons (Fsp3) is 0.500. The summed E-state index contributed by atoms with van der Waals surface area (Å²) in [6, 6.07) is 4.12. The molecule has 0 atom stereocenters. The normalized spacial score (nSPS) is 11.6. The molecule has 106 valence electrons. The van der Waals surface area contributed by atoms with Crippen LogP contribution in [-0.4, -0.2) is 25.7 Å². The SMILES string of the molecule is C[Si](C)(C)c1ccc(CCCl)c(CCCl)c1C(N)=O. The van der Waals surface area contributed by atoms with Crippen LogP contribution in [0.1, 0.15) is 21.5 Å². The quantitative estimate of drug-likeness (QED) is 0.636. The number of benzene rings is 1. The van der Waals surface area contributed by atoms with Crippen molar-refractivity contribution in [1.29, 1.82) is 0 Å². The second-order valence-electron chi connectivity index (χ2n) is 5.62. The third-order valence-electron chi connectivity index (χ3n) is 3.17. The topological polar surface area (TPSA) is 43.1 Å².